The van der Waals surface area contributed by atoms with Crippen LogP contribution in [0.5, 0.6) is 11.5 Å². The molecule has 0 spiro atoms. The van der Waals surface area contributed by atoms with Crippen molar-refractivity contribution in [2.45, 2.75) is 38.5 Å². The fraction of sp³-hybridized carbons (Fsp3) is 0.483. The van der Waals surface area contributed by atoms with Crippen molar-refractivity contribution in [2.75, 3.05) is 51.3 Å². The minimum absolute atomic E-state index is 0.00474. The second-order valence-corrected chi connectivity index (χ2v) is 10.5. The molecule has 2 aromatic heterocycles. The van der Waals surface area contributed by atoms with E-state index >= 15 is 0 Å². The van der Waals surface area contributed by atoms with Gasteiger partial charge in [0.25, 0.3) is 11.5 Å². The molecule has 1 fully saturated rings. The molecule has 3 aromatic rings. The van der Waals surface area contributed by atoms with Gasteiger partial charge >= 0.3 is 0 Å². The standard InChI is InChI=1S/C29H35N5O5/c35-27-19-39-25-8-6-22(31-29(25)32-27)16-30-15-21-17-33-10-11-34-24-14-23(7-4-20(24)5-9-28(34)36)37-12-2-1-3-13-38-26(21)18-33/h4-9,14,21,26,30H,1-3,10-13,15-19H2,(H,31,32,35)/t21?,26-/m0/s1. The maximum absolute atomic E-state index is 12.8. The lowest BCUT2D eigenvalue weighted by molar-refractivity contribution is -0.118. The van der Waals surface area contributed by atoms with Gasteiger partial charge in [0.1, 0.15) is 5.75 Å². The summed E-state index contributed by atoms with van der Waals surface area (Å²) in [6.45, 7) is 5.90. The highest BCUT2D eigenvalue weighted by Gasteiger charge is 2.33. The number of pyridine rings is 2. The number of amides is 1. The topological polar surface area (TPSA) is 107 Å². The molecule has 0 radical (unpaired) electrons. The van der Waals surface area contributed by atoms with E-state index in [0.717, 1.165) is 74.4 Å². The Balaban J connectivity index is 1.13. The van der Waals surface area contributed by atoms with Crippen LogP contribution < -0.4 is 25.7 Å². The Kier molecular flexibility index (Phi) is 7.76. The van der Waals surface area contributed by atoms with Gasteiger partial charge in [-0.25, -0.2) is 4.98 Å². The quantitative estimate of drug-likeness (QED) is 0.527. The van der Waals surface area contributed by atoms with E-state index in [1.165, 1.54) is 0 Å². The Labute approximate surface area is 227 Å². The number of ether oxygens (including phenoxy) is 3. The number of aromatic nitrogens is 2. The lowest BCUT2D eigenvalue weighted by Gasteiger charge is -2.20. The van der Waals surface area contributed by atoms with E-state index in [4.69, 9.17) is 14.2 Å². The summed E-state index contributed by atoms with van der Waals surface area (Å²) in [6, 6.07) is 13.3. The third kappa shape index (κ3) is 6.08. The highest BCUT2D eigenvalue weighted by atomic mass is 16.5. The number of carbonyl (C=O) groups is 1. The van der Waals surface area contributed by atoms with E-state index in [0.29, 0.717) is 37.2 Å². The molecule has 3 atom stereocenters. The number of nitrogens with one attached hydrogen (secondary N) is 2. The van der Waals surface area contributed by atoms with Crippen molar-refractivity contribution in [3.8, 4) is 11.5 Å². The smallest absolute Gasteiger partial charge is 0.263 e. The lowest BCUT2D eigenvalue weighted by atomic mass is 10.1. The van der Waals surface area contributed by atoms with Crippen LogP contribution in [0.3, 0.4) is 0 Å². The summed E-state index contributed by atoms with van der Waals surface area (Å²) in [5, 5.41) is 7.35. The molecule has 10 heteroatoms. The Bertz CT molecular complexity index is 1390. The van der Waals surface area contributed by atoms with E-state index in [1.54, 1.807) is 6.07 Å². The highest BCUT2D eigenvalue weighted by molar-refractivity contribution is 5.94. The monoisotopic (exact) mass is 533 g/mol. The predicted octanol–water partition coefficient (Wildman–Crippen LogP) is 2.40. The van der Waals surface area contributed by atoms with Gasteiger partial charge < -0.3 is 29.4 Å². The summed E-state index contributed by atoms with van der Waals surface area (Å²) in [7, 11) is 0. The molecule has 2 N–H and O–H groups in total. The van der Waals surface area contributed by atoms with E-state index in [-0.39, 0.29) is 24.2 Å². The van der Waals surface area contributed by atoms with Crippen LogP contribution in [0.4, 0.5) is 5.82 Å². The van der Waals surface area contributed by atoms with Crippen LogP contribution in [0.25, 0.3) is 10.9 Å². The van der Waals surface area contributed by atoms with E-state index in [9.17, 15) is 9.59 Å². The molecule has 6 rings (SSSR count). The third-order valence-electron chi connectivity index (χ3n) is 7.70. The number of nitrogens with zero attached hydrogens (tertiary/aromatic N) is 3. The van der Waals surface area contributed by atoms with Crippen molar-refractivity contribution in [3.05, 3.63) is 58.5 Å². The van der Waals surface area contributed by atoms with E-state index < -0.39 is 0 Å². The maximum atomic E-state index is 12.8. The van der Waals surface area contributed by atoms with Crippen LogP contribution in [-0.2, 0) is 22.6 Å². The van der Waals surface area contributed by atoms with E-state index in [2.05, 4.69) is 20.5 Å². The number of hydrogen-bond donors (Lipinski definition) is 2. The summed E-state index contributed by atoms with van der Waals surface area (Å²) < 4.78 is 19.6. The van der Waals surface area contributed by atoms with Crippen LogP contribution in [0.2, 0.25) is 0 Å². The fourth-order valence-electron chi connectivity index (χ4n) is 5.62. The molecule has 10 nitrogen and oxygen atoms in total. The normalized spacial score (nSPS) is 23.6. The van der Waals surface area contributed by atoms with Crippen LogP contribution in [0, 0.1) is 5.92 Å². The van der Waals surface area contributed by atoms with Gasteiger partial charge in [0.2, 0.25) is 0 Å². The predicted molar refractivity (Wildman–Crippen MR) is 147 cm³/mol. The maximum Gasteiger partial charge on any atom is 0.263 e. The Morgan fingerprint density at radius 1 is 0.974 bits per heavy atom. The van der Waals surface area contributed by atoms with Gasteiger partial charge in [0.05, 0.1) is 23.9 Å². The molecule has 39 heavy (non-hydrogen) atoms. The number of fused-ring (bicyclic) bond motifs is 4. The zero-order valence-electron chi connectivity index (χ0n) is 22.1. The zero-order valence-corrected chi connectivity index (χ0v) is 22.1. The number of rotatable bonds is 4. The molecule has 1 saturated heterocycles. The second-order valence-electron chi connectivity index (χ2n) is 10.5. The summed E-state index contributed by atoms with van der Waals surface area (Å²) in [4.78, 5) is 31.4. The molecule has 4 bridgehead atoms. The highest BCUT2D eigenvalue weighted by Crippen LogP contribution is 2.26. The summed E-state index contributed by atoms with van der Waals surface area (Å²) in [6.07, 6.45) is 3.14. The van der Waals surface area contributed by atoms with Crippen molar-refractivity contribution < 1.29 is 19.0 Å². The molecule has 3 aliphatic rings. The fourth-order valence-corrected chi connectivity index (χ4v) is 5.62. The van der Waals surface area contributed by atoms with Crippen LogP contribution in [-0.4, -0.2) is 72.5 Å². The van der Waals surface area contributed by atoms with Gasteiger partial charge in [0.15, 0.2) is 18.2 Å². The lowest BCUT2D eigenvalue weighted by Crippen LogP contribution is -2.32. The molecule has 0 saturated carbocycles. The molecule has 206 valence electrons. The van der Waals surface area contributed by atoms with Crippen LogP contribution in [0.1, 0.15) is 25.0 Å². The minimum atomic E-state index is -0.188. The minimum Gasteiger partial charge on any atom is -0.494 e. The van der Waals surface area contributed by atoms with Gasteiger partial charge in [-0.3, -0.25) is 14.5 Å². The summed E-state index contributed by atoms with van der Waals surface area (Å²) in [5.74, 6) is 2.01. The first kappa shape index (κ1) is 25.8. The summed E-state index contributed by atoms with van der Waals surface area (Å²) >= 11 is 0. The van der Waals surface area contributed by atoms with Crippen molar-refractivity contribution in [2.24, 2.45) is 5.92 Å². The van der Waals surface area contributed by atoms with E-state index in [1.807, 2.05) is 41.0 Å². The molecule has 3 aliphatic heterocycles. The molecular weight excluding hydrogens is 498 g/mol. The van der Waals surface area contributed by atoms with Gasteiger partial charge in [0, 0.05) is 63.9 Å². The first-order chi connectivity index (χ1) is 19.1. The van der Waals surface area contributed by atoms with Crippen molar-refractivity contribution in [1.29, 1.82) is 0 Å². The number of anilines is 1. The first-order valence-corrected chi connectivity index (χ1v) is 13.9. The van der Waals surface area contributed by atoms with Gasteiger partial charge in [-0.1, -0.05) is 0 Å². The molecule has 1 amide bonds. The SMILES string of the molecule is O=C1COc2ccc(CNCC3C[N@]4CCn5c(=O)ccc6ccc(cc65)OCCCCCO[C@H]3C4)nc2N1. The molecular formula is C29H35N5O5. The van der Waals surface area contributed by atoms with Crippen LogP contribution in [0.15, 0.2) is 47.3 Å². The average Bonchev–Trinajstić information content (AvgIpc) is 3.32. The summed E-state index contributed by atoms with van der Waals surface area (Å²) in [5.41, 5.74) is 1.76. The molecule has 1 unspecified atom stereocenters. The van der Waals surface area contributed by atoms with Gasteiger partial charge in [-0.2, -0.15) is 0 Å². The Morgan fingerprint density at radius 2 is 1.87 bits per heavy atom. The molecule has 0 aliphatic carbocycles. The van der Waals surface area contributed by atoms with Crippen molar-refractivity contribution in [3.63, 3.8) is 0 Å². The largest absolute Gasteiger partial charge is 0.494 e. The number of benzene rings is 1. The zero-order chi connectivity index (χ0) is 26.6. The molecule has 5 heterocycles. The van der Waals surface area contributed by atoms with Crippen LogP contribution >= 0.6 is 0 Å². The third-order valence-corrected chi connectivity index (χ3v) is 7.70. The van der Waals surface area contributed by atoms with Crippen molar-refractivity contribution >= 4 is 22.6 Å². The average molecular weight is 534 g/mol. The number of carbonyl (C=O) groups excluding carboxylic acids is 1. The number of hydrogen-bond acceptors (Lipinski definition) is 8. The second kappa shape index (κ2) is 11.7. The first-order valence-electron chi connectivity index (χ1n) is 13.9. The Morgan fingerprint density at radius 3 is 2.82 bits per heavy atom. The van der Waals surface area contributed by atoms with Gasteiger partial charge in [-0.05, 0) is 55.0 Å². The van der Waals surface area contributed by atoms with Gasteiger partial charge in [-0.15, -0.1) is 0 Å². The Hall–Kier alpha value is -3.47. The molecule has 1 aromatic carbocycles. The van der Waals surface area contributed by atoms with Crippen molar-refractivity contribution in [1.82, 2.24) is 19.8 Å².